The maximum Gasteiger partial charge on any atom is 0.379 e. The van der Waals surface area contributed by atoms with Crippen LogP contribution in [0.5, 0.6) is 5.75 Å². The first-order valence-corrected chi connectivity index (χ1v) is 11.5. The Labute approximate surface area is 201 Å². The molecule has 1 aliphatic rings. The molecule has 6 nitrogen and oxygen atoms in total. The van der Waals surface area contributed by atoms with Crippen molar-refractivity contribution in [1.82, 2.24) is 5.43 Å². The summed E-state index contributed by atoms with van der Waals surface area (Å²) in [5.41, 5.74) is 5.70. The zero-order valence-corrected chi connectivity index (χ0v) is 20.3. The number of benzene rings is 2. The van der Waals surface area contributed by atoms with Gasteiger partial charge in [0.1, 0.15) is 5.75 Å². The molecule has 1 saturated carbocycles. The minimum Gasteiger partial charge on any atom is -0.457 e. The van der Waals surface area contributed by atoms with E-state index in [0.29, 0.717) is 11.3 Å². The van der Waals surface area contributed by atoms with Crippen LogP contribution in [-0.2, 0) is 10.2 Å². The molecular formula is C26H25BrN2O4. The second-order valence-corrected chi connectivity index (χ2v) is 10.0. The number of hydrogen-bond donors (Lipinski definition) is 1. The molecule has 7 heteroatoms. The van der Waals surface area contributed by atoms with Gasteiger partial charge in [0.2, 0.25) is 11.7 Å². The van der Waals surface area contributed by atoms with Gasteiger partial charge >= 0.3 is 5.97 Å². The summed E-state index contributed by atoms with van der Waals surface area (Å²) in [6, 6.07) is 16.8. The third-order valence-electron chi connectivity index (χ3n) is 5.61. The predicted octanol–water partition coefficient (Wildman–Crippen LogP) is 5.81. The Morgan fingerprint density at radius 2 is 1.91 bits per heavy atom. The molecule has 1 fully saturated rings. The number of nitrogens with zero attached hydrogens (tertiary/aromatic N) is 1. The molecule has 0 radical (unpaired) electrons. The molecule has 33 heavy (non-hydrogen) atoms. The fourth-order valence-electron chi connectivity index (χ4n) is 3.59. The molecule has 0 unspecified atom stereocenters. The summed E-state index contributed by atoms with van der Waals surface area (Å²) in [4.78, 5) is 24.8. The van der Waals surface area contributed by atoms with Crippen molar-refractivity contribution in [3.8, 4) is 5.75 Å². The van der Waals surface area contributed by atoms with Crippen molar-refractivity contribution in [2.75, 3.05) is 0 Å². The number of esters is 1. The molecule has 1 heterocycles. The highest BCUT2D eigenvalue weighted by Gasteiger charge is 2.44. The standard InChI is InChI=1S/C26H25BrN2O4/c1-26(2,3)18-8-6-16(7-9-18)20-14-21(20)24(30)29-28-15-17-13-19(27)10-11-22(17)33-25(31)23-5-4-12-32-23/h4-13,15,20-21H,14H2,1-3H3,(H,29,30)/t20-,21+/m1/s1. The first-order valence-electron chi connectivity index (χ1n) is 10.7. The lowest BCUT2D eigenvalue weighted by Crippen LogP contribution is -2.20. The van der Waals surface area contributed by atoms with Gasteiger partial charge in [0.25, 0.3) is 0 Å². The zero-order chi connectivity index (χ0) is 23.6. The van der Waals surface area contributed by atoms with Crippen molar-refractivity contribution < 1.29 is 18.7 Å². The predicted molar refractivity (Wildman–Crippen MR) is 130 cm³/mol. The molecule has 1 amide bonds. The first kappa shape index (κ1) is 23.0. The summed E-state index contributed by atoms with van der Waals surface area (Å²) in [5, 5.41) is 4.09. The summed E-state index contributed by atoms with van der Waals surface area (Å²) < 4.78 is 11.3. The van der Waals surface area contributed by atoms with Crippen LogP contribution in [0.2, 0.25) is 0 Å². The number of hydrazone groups is 1. The third kappa shape index (κ3) is 5.60. The van der Waals surface area contributed by atoms with Gasteiger partial charge in [-0.05, 0) is 59.2 Å². The summed E-state index contributed by atoms with van der Waals surface area (Å²) >= 11 is 3.40. The Balaban J connectivity index is 1.37. The van der Waals surface area contributed by atoms with E-state index in [0.717, 1.165) is 10.9 Å². The van der Waals surface area contributed by atoms with E-state index in [1.54, 1.807) is 24.3 Å². The zero-order valence-electron chi connectivity index (χ0n) is 18.7. The number of carbonyl (C=O) groups excluding carboxylic acids is 2. The maximum absolute atomic E-state index is 12.6. The summed E-state index contributed by atoms with van der Waals surface area (Å²) in [6.45, 7) is 6.55. The minimum absolute atomic E-state index is 0.0959. The Morgan fingerprint density at radius 1 is 1.15 bits per heavy atom. The van der Waals surface area contributed by atoms with Crippen molar-refractivity contribution in [1.29, 1.82) is 0 Å². The highest BCUT2D eigenvalue weighted by atomic mass is 79.9. The normalized spacial score (nSPS) is 17.7. The van der Waals surface area contributed by atoms with Gasteiger partial charge in [-0.3, -0.25) is 4.79 Å². The van der Waals surface area contributed by atoms with Crippen LogP contribution < -0.4 is 10.2 Å². The molecule has 1 aromatic heterocycles. The molecule has 1 N–H and O–H groups in total. The van der Waals surface area contributed by atoms with Crippen LogP contribution in [0, 0.1) is 5.92 Å². The average molecular weight is 509 g/mol. The van der Waals surface area contributed by atoms with E-state index in [1.807, 2.05) is 0 Å². The molecule has 0 bridgehead atoms. The van der Waals surface area contributed by atoms with Crippen LogP contribution in [0.4, 0.5) is 0 Å². The second kappa shape index (κ2) is 9.35. The van der Waals surface area contributed by atoms with E-state index >= 15 is 0 Å². The number of nitrogens with one attached hydrogen (secondary N) is 1. The van der Waals surface area contributed by atoms with Crippen molar-refractivity contribution in [3.63, 3.8) is 0 Å². The van der Waals surface area contributed by atoms with Crippen molar-refractivity contribution in [2.24, 2.45) is 11.0 Å². The van der Waals surface area contributed by atoms with Crippen LogP contribution in [0.15, 0.2) is 74.9 Å². The number of amides is 1. The lowest BCUT2D eigenvalue weighted by atomic mass is 9.86. The highest BCUT2D eigenvalue weighted by molar-refractivity contribution is 9.10. The van der Waals surface area contributed by atoms with Crippen LogP contribution in [0.3, 0.4) is 0 Å². The lowest BCUT2D eigenvalue weighted by molar-refractivity contribution is -0.122. The number of rotatable bonds is 6. The minimum atomic E-state index is -0.612. The van der Waals surface area contributed by atoms with E-state index in [9.17, 15) is 9.59 Å². The molecule has 0 saturated heterocycles. The van der Waals surface area contributed by atoms with E-state index in [1.165, 1.54) is 29.7 Å². The fourth-order valence-corrected chi connectivity index (χ4v) is 3.97. The van der Waals surface area contributed by atoms with Crippen molar-refractivity contribution in [2.45, 2.75) is 38.5 Å². The van der Waals surface area contributed by atoms with Gasteiger partial charge < -0.3 is 9.15 Å². The number of carbonyl (C=O) groups is 2. The smallest absolute Gasteiger partial charge is 0.379 e. The Kier molecular flexibility index (Phi) is 6.51. The van der Waals surface area contributed by atoms with Crippen LogP contribution in [0.1, 0.15) is 60.4 Å². The summed E-state index contributed by atoms with van der Waals surface area (Å²) in [7, 11) is 0. The van der Waals surface area contributed by atoms with Gasteiger partial charge in [-0.25, -0.2) is 10.2 Å². The van der Waals surface area contributed by atoms with Gasteiger partial charge in [-0.2, -0.15) is 5.10 Å². The molecule has 170 valence electrons. The second-order valence-electron chi connectivity index (χ2n) is 9.10. The molecule has 0 aliphatic heterocycles. The van der Waals surface area contributed by atoms with E-state index in [2.05, 4.69) is 71.5 Å². The molecule has 0 spiro atoms. The fraction of sp³-hybridized carbons (Fsp3) is 0.269. The number of halogens is 1. The molecule has 1 aliphatic carbocycles. The Bertz CT molecular complexity index is 1180. The van der Waals surface area contributed by atoms with Gasteiger partial charge in [-0.1, -0.05) is 61.0 Å². The van der Waals surface area contributed by atoms with Gasteiger partial charge in [-0.15, -0.1) is 0 Å². The van der Waals surface area contributed by atoms with Crippen LogP contribution >= 0.6 is 15.9 Å². The Morgan fingerprint density at radius 3 is 2.58 bits per heavy atom. The first-order chi connectivity index (χ1) is 15.7. The van der Waals surface area contributed by atoms with E-state index < -0.39 is 5.97 Å². The Hall–Kier alpha value is -3.19. The largest absolute Gasteiger partial charge is 0.457 e. The van der Waals surface area contributed by atoms with Crippen LogP contribution in [0.25, 0.3) is 0 Å². The highest BCUT2D eigenvalue weighted by Crippen LogP contribution is 2.47. The number of ether oxygens (including phenoxy) is 1. The summed E-state index contributed by atoms with van der Waals surface area (Å²) in [6.07, 6.45) is 3.67. The monoisotopic (exact) mass is 508 g/mol. The molecule has 2 atom stereocenters. The SMILES string of the molecule is CC(C)(C)c1ccc([C@H]2C[C@@H]2C(=O)NN=Cc2cc(Br)ccc2OC(=O)c2ccco2)cc1. The summed E-state index contributed by atoms with van der Waals surface area (Å²) in [5.74, 6) is -0.212. The van der Waals surface area contributed by atoms with Crippen molar-refractivity contribution >= 4 is 34.0 Å². The van der Waals surface area contributed by atoms with Gasteiger partial charge in [0, 0.05) is 16.0 Å². The lowest BCUT2D eigenvalue weighted by Gasteiger charge is -2.19. The van der Waals surface area contributed by atoms with Gasteiger partial charge in [0.05, 0.1) is 12.5 Å². The third-order valence-corrected chi connectivity index (χ3v) is 6.10. The maximum atomic E-state index is 12.6. The van der Waals surface area contributed by atoms with Crippen LogP contribution in [-0.4, -0.2) is 18.1 Å². The molecule has 4 rings (SSSR count). The molecule has 3 aromatic rings. The van der Waals surface area contributed by atoms with Crippen molar-refractivity contribution in [3.05, 3.63) is 87.8 Å². The molecule has 2 aromatic carbocycles. The number of furan rings is 1. The quantitative estimate of drug-likeness (QED) is 0.197. The molecular weight excluding hydrogens is 484 g/mol. The van der Waals surface area contributed by atoms with E-state index in [-0.39, 0.29) is 28.9 Å². The number of hydrogen-bond acceptors (Lipinski definition) is 5. The van der Waals surface area contributed by atoms with Gasteiger partial charge in [0.15, 0.2) is 0 Å². The topological polar surface area (TPSA) is 80.9 Å². The average Bonchev–Trinajstić information content (AvgIpc) is 3.39. The van der Waals surface area contributed by atoms with E-state index in [4.69, 9.17) is 9.15 Å².